The molecule has 1 aromatic rings. The van der Waals surface area contributed by atoms with Gasteiger partial charge in [-0.2, -0.15) is 8.78 Å². The zero-order valence-corrected chi connectivity index (χ0v) is 8.74. The number of hydrogen-bond acceptors (Lipinski definition) is 4. The van der Waals surface area contributed by atoms with Gasteiger partial charge >= 0.3 is 5.92 Å². The van der Waals surface area contributed by atoms with E-state index in [9.17, 15) is 28.6 Å². The second kappa shape index (κ2) is 3.62. The second-order valence-corrected chi connectivity index (χ2v) is 3.70. The van der Waals surface area contributed by atoms with E-state index in [4.69, 9.17) is 0 Å². The molecule has 0 heterocycles. The lowest BCUT2D eigenvalue weighted by molar-refractivity contribution is -0.296. The fraction of sp³-hybridized carbons (Fsp3) is 0.167. The lowest BCUT2D eigenvalue weighted by Crippen LogP contribution is -2.44. The van der Waals surface area contributed by atoms with Crippen LogP contribution in [0.15, 0.2) is 24.3 Å². The van der Waals surface area contributed by atoms with Crippen molar-refractivity contribution in [1.29, 1.82) is 0 Å². The highest BCUT2D eigenvalue weighted by Crippen LogP contribution is 2.47. The van der Waals surface area contributed by atoms with Crippen molar-refractivity contribution in [2.75, 3.05) is 0 Å². The van der Waals surface area contributed by atoms with Crippen LogP contribution >= 0.6 is 0 Å². The molecule has 2 rings (SSSR count). The normalized spacial score (nSPS) is 24.1. The minimum atomic E-state index is -4.20. The minimum absolute atomic E-state index is 0.377. The zero-order chi connectivity index (χ0) is 13.6. The van der Waals surface area contributed by atoms with E-state index >= 15 is 0 Å². The molecule has 0 bridgehead atoms. The van der Waals surface area contributed by atoms with Crippen molar-refractivity contribution in [2.24, 2.45) is 0 Å². The van der Waals surface area contributed by atoms with Crippen LogP contribution in [-0.4, -0.2) is 22.8 Å². The summed E-state index contributed by atoms with van der Waals surface area (Å²) in [6, 6.07) is 4.90. The quantitative estimate of drug-likeness (QED) is 0.628. The zero-order valence-electron chi connectivity index (χ0n) is 8.74. The molecule has 1 aromatic carbocycles. The van der Waals surface area contributed by atoms with Crippen molar-refractivity contribution in [3.63, 3.8) is 0 Å². The highest BCUT2D eigenvalue weighted by Gasteiger charge is 2.65. The van der Waals surface area contributed by atoms with E-state index in [-0.39, 0.29) is 5.56 Å². The summed E-state index contributed by atoms with van der Waals surface area (Å²) in [6.07, 6.45) is 0. The van der Waals surface area contributed by atoms with Gasteiger partial charge < -0.3 is 15.0 Å². The molecule has 0 saturated carbocycles. The number of ketones is 1. The molecule has 0 spiro atoms. The Morgan fingerprint density at radius 2 is 1.94 bits per heavy atom. The van der Waals surface area contributed by atoms with Gasteiger partial charge in [-0.15, -0.1) is 0 Å². The number of fused-ring (bicyclic) bond motifs is 1. The summed E-state index contributed by atoms with van der Waals surface area (Å²) in [4.78, 5) is 21.6. The Labute approximate surface area is 99.9 Å². The highest BCUT2D eigenvalue weighted by molar-refractivity contribution is 6.08. The average molecular weight is 251 g/mol. The number of halogens is 2. The van der Waals surface area contributed by atoms with Gasteiger partial charge in [-0.1, -0.05) is 24.3 Å². The number of rotatable bonds is 0. The number of carboxylic acid groups (broad SMARTS) is 1. The Hall–Kier alpha value is -2.26. The molecular weight excluding hydrogens is 246 g/mol. The first kappa shape index (κ1) is 12.2. The first-order valence-electron chi connectivity index (χ1n) is 4.79. The summed E-state index contributed by atoms with van der Waals surface area (Å²) in [6.45, 7) is 0. The molecule has 6 heteroatoms. The van der Waals surface area contributed by atoms with Crippen molar-refractivity contribution in [3.05, 3.63) is 35.4 Å². The number of carboxylic acids is 1. The van der Waals surface area contributed by atoms with Gasteiger partial charge in [0.25, 0.3) is 0 Å². The predicted octanol–water partition coefficient (Wildman–Crippen LogP) is -0.541. The van der Waals surface area contributed by atoms with Crippen molar-refractivity contribution in [1.82, 2.24) is 0 Å². The van der Waals surface area contributed by atoms with Crippen LogP contribution in [0.3, 0.4) is 0 Å². The van der Waals surface area contributed by atoms with Gasteiger partial charge in [0, 0.05) is 11.1 Å². The maximum absolute atomic E-state index is 13.7. The lowest BCUT2D eigenvalue weighted by atomic mass is 9.94. The van der Waals surface area contributed by atoms with Crippen LogP contribution in [0.2, 0.25) is 0 Å². The Morgan fingerprint density at radius 1 is 1.33 bits per heavy atom. The molecule has 92 valence electrons. The average Bonchev–Trinajstić information content (AvgIpc) is 2.48. The third-order valence-corrected chi connectivity index (χ3v) is 2.65. The molecule has 0 amide bonds. The molecule has 0 saturated heterocycles. The van der Waals surface area contributed by atoms with Gasteiger partial charge in [-0.3, -0.25) is 4.79 Å². The van der Waals surface area contributed by atoms with Gasteiger partial charge in [0.05, 0.1) is 0 Å². The molecule has 1 unspecified atom stereocenters. The first-order valence-corrected chi connectivity index (χ1v) is 4.79. The first-order chi connectivity index (χ1) is 8.30. The number of Topliss-reactive ketones (excluding diaryl/α,β-unsaturated/α-hetero) is 1. The standard InChI is InChI=1S/C12H6F2O4/c13-12(14)10(17)7-3-1-2-4-8(7)11(12,18)6-5-9(15)16/h1-4,18H,(H,15,16)/p-1. The van der Waals surface area contributed by atoms with Gasteiger partial charge in [-0.25, -0.2) is 0 Å². The molecule has 0 aliphatic heterocycles. The molecule has 1 aliphatic carbocycles. The number of alkyl halides is 2. The summed E-state index contributed by atoms with van der Waals surface area (Å²) < 4.78 is 27.4. The Morgan fingerprint density at radius 3 is 2.56 bits per heavy atom. The summed E-state index contributed by atoms with van der Waals surface area (Å²) in [5, 5.41) is 20.0. The lowest BCUT2D eigenvalue weighted by Gasteiger charge is -2.23. The third kappa shape index (κ3) is 1.41. The van der Waals surface area contributed by atoms with E-state index in [0.717, 1.165) is 12.1 Å². The molecule has 4 nitrogen and oxygen atoms in total. The van der Waals surface area contributed by atoms with E-state index in [1.165, 1.54) is 24.0 Å². The second-order valence-electron chi connectivity index (χ2n) is 3.70. The fourth-order valence-corrected chi connectivity index (χ4v) is 1.79. The highest BCUT2D eigenvalue weighted by atomic mass is 19.3. The minimum Gasteiger partial charge on any atom is -0.537 e. The van der Waals surface area contributed by atoms with Crippen LogP contribution in [0.25, 0.3) is 0 Å². The number of aliphatic hydroxyl groups is 1. The van der Waals surface area contributed by atoms with Gasteiger partial charge in [-0.05, 0) is 11.8 Å². The van der Waals surface area contributed by atoms with Crippen LogP contribution in [0.1, 0.15) is 15.9 Å². The van der Waals surface area contributed by atoms with Crippen LogP contribution in [0, 0.1) is 11.8 Å². The number of carbonyl (C=O) groups is 2. The number of hydrogen-bond donors (Lipinski definition) is 1. The van der Waals surface area contributed by atoms with Crippen LogP contribution < -0.4 is 5.11 Å². The molecule has 1 aliphatic rings. The van der Waals surface area contributed by atoms with E-state index < -0.39 is 28.8 Å². The topological polar surface area (TPSA) is 77.4 Å². The van der Waals surface area contributed by atoms with Gasteiger partial charge in [0.1, 0.15) is 5.97 Å². The van der Waals surface area contributed by atoms with E-state index in [1.807, 2.05) is 0 Å². The number of benzene rings is 1. The summed E-state index contributed by atoms with van der Waals surface area (Å²) in [5.74, 6) is -4.88. The molecular formula is C12H5F2O4-. The molecule has 18 heavy (non-hydrogen) atoms. The summed E-state index contributed by atoms with van der Waals surface area (Å²) in [7, 11) is 0. The van der Waals surface area contributed by atoms with Crippen molar-refractivity contribution >= 4 is 11.8 Å². The van der Waals surface area contributed by atoms with Crippen molar-refractivity contribution in [2.45, 2.75) is 11.5 Å². The fourth-order valence-electron chi connectivity index (χ4n) is 1.79. The van der Waals surface area contributed by atoms with Crippen LogP contribution in [0.5, 0.6) is 0 Å². The Bertz CT molecular complexity index is 612. The van der Waals surface area contributed by atoms with Crippen molar-refractivity contribution in [3.8, 4) is 11.8 Å². The van der Waals surface area contributed by atoms with Crippen molar-refractivity contribution < 1.29 is 28.6 Å². The SMILES string of the molecule is O=C([O-])C#CC1(O)c2ccccc2C(=O)C1(F)F. The monoisotopic (exact) mass is 251 g/mol. The molecule has 1 atom stereocenters. The summed E-state index contributed by atoms with van der Waals surface area (Å²) >= 11 is 0. The smallest absolute Gasteiger partial charge is 0.353 e. The van der Waals surface area contributed by atoms with E-state index in [2.05, 4.69) is 0 Å². The van der Waals surface area contributed by atoms with E-state index in [1.54, 1.807) is 0 Å². The molecule has 0 aromatic heterocycles. The largest absolute Gasteiger partial charge is 0.537 e. The van der Waals surface area contributed by atoms with Gasteiger partial charge in [0.2, 0.25) is 11.4 Å². The van der Waals surface area contributed by atoms with Crippen LogP contribution in [-0.2, 0) is 10.4 Å². The molecule has 1 N–H and O–H groups in total. The van der Waals surface area contributed by atoms with E-state index in [0.29, 0.717) is 0 Å². The number of aliphatic carboxylic acids is 1. The maximum Gasteiger partial charge on any atom is 0.353 e. The van der Waals surface area contributed by atoms with Crippen LogP contribution in [0.4, 0.5) is 8.78 Å². The number of carbonyl (C=O) groups excluding carboxylic acids is 2. The maximum atomic E-state index is 13.7. The Kier molecular flexibility index (Phi) is 2.45. The van der Waals surface area contributed by atoms with Gasteiger partial charge in [0.15, 0.2) is 0 Å². The third-order valence-electron chi connectivity index (χ3n) is 2.65. The predicted molar refractivity (Wildman–Crippen MR) is 52.4 cm³/mol. The Balaban J connectivity index is 2.71. The molecule has 0 radical (unpaired) electrons. The molecule has 0 fully saturated rings. The summed E-state index contributed by atoms with van der Waals surface area (Å²) in [5.41, 5.74) is -3.92.